The molecular formula is C16H21N5OS. The molecule has 0 aliphatic heterocycles. The van der Waals surface area contributed by atoms with Gasteiger partial charge in [-0.3, -0.25) is 4.79 Å². The second-order valence-corrected chi connectivity index (χ2v) is 7.22. The number of carbonyl (C=O) groups is 1. The van der Waals surface area contributed by atoms with Crippen LogP contribution in [0.1, 0.15) is 38.2 Å². The summed E-state index contributed by atoms with van der Waals surface area (Å²) in [5.74, 6) is 0.0567. The Kier molecular flexibility index (Phi) is 4.95. The zero-order chi connectivity index (χ0) is 16.2. The molecule has 1 amide bonds. The highest BCUT2D eigenvalue weighted by molar-refractivity contribution is 8.00. The van der Waals surface area contributed by atoms with Gasteiger partial charge in [-0.1, -0.05) is 42.8 Å². The summed E-state index contributed by atoms with van der Waals surface area (Å²) >= 11 is 1.39. The fraction of sp³-hybridized carbons (Fsp3) is 0.500. The molecule has 122 valence electrons. The van der Waals surface area contributed by atoms with Crippen LogP contribution in [0.2, 0.25) is 0 Å². The molecule has 1 aliphatic rings. The molecule has 1 fully saturated rings. The van der Waals surface area contributed by atoms with Crippen molar-refractivity contribution in [2.75, 3.05) is 0 Å². The van der Waals surface area contributed by atoms with Gasteiger partial charge in [-0.15, -0.1) is 5.10 Å². The number of nitrogens with zero attached hydrogens (tertiary/aromatic N) is 4. The lowest BCUT2D eigenvalue weighted by molar-refractivity contribution is -0.120. The molecule has 1 atom stereocenters. The Morgan fingerprint density at radius 1 is 1.35 bits per heavy atom. The van der Waals surface area contributed by atoms with Crippen molar-refractivity contribution >= 4 is 17.7 Å². The molecule has 1 aromatic heterocycles. The van der Waals surface area contributed by atoms with Gasteiger partial charge in [0.1, 0.15) is 0 Å². The van der Waals surface area contributed by atoms with Gasteiger partial charge in [0.2, 0.25) is 11.1 Å². The number of para-hydroxylation sites is 1. The highest BCUT2D eigenvalue weighted by atomic mass is 32.2. The molecular weight excluding hydrogens is 310 g/mol. The van der Waals surface area contributed by atoms with E-state index in [2.05, 4.69) is 20.8 Å². The van der Waals surface area contributed by atoms with Gasteiger partial charge >= 0.3 is 0 Å². The molecule has 3 rings (SSSR count). The van der Waals surface area contributed by atoms with Gasteiger partial charge in [0.25, 0.3) is 0 Å². The van der Waals surface area contributed by atoms with Crippen molar-refractivity contribution in [2.45, 2.75) is 56.0 Å². The summed E-state index contributed by atoms with van der Waals surface area (Å²) in [6, 6.07) is 8.25. The van der Waals surface area contributed by atoms with Crippen LogP contribution in [-0.4, -0.2) is 37.4 Å². The maximum absolute atomic E-state index is 12.3. The molecule has 0 bridgehead atoms. The van der Waals surface area contributed by atoms with Crippen LogP contribution in [0.4, 0.5) is 0 Å². The number of rotatable bonds is 5. The van der Waals surface area contributed by atoms with Crippen molar-refractivity contribution < 1.29 is 4.79 Å². The summed E-state index contributed by atoms with van der Waals surface area (Å²) in [6.45, 7) is 3.91. The third-order valence-electron chi connectivity index (χ3n) is 4.14. The van der Waals surface area contributed by atoms with Crippen LogP contribution in [-0.2, 0) is 4.79 Å². The van der Waals surface area contributed by atoms with Gasteiger partial charge in [0, 0.05) is 6.04 Å². The second-order valence-electron chi connectivity index (χ2n) is 5.91. The number of amides is 1. The molecule has 1 N–H and O–H groups in total. The van der Waals surface area contributed by atoms with Crippen LogP contribution >= 0.6 is 11.8 Å². The van der Waals surface area contributed by atoms with E-state index < -0.39 is 0 Å². The molecule has 0 spiro atoms. The summed E-state index contributed by atoms with van der Waals surface area (Å²) < 4.78 is 1.69. The van der Waals surface area contributed by atoms with Crippen LogP contribution in [0.5, 0.6) is 0 Å². The van der Waals surface area contributed by atoms with Gasteiger partial charge in [0.05, 0.1) is 10.9 Å². The van der Waals surface area contributed by atoms with E-state index in [0.717, 1.165) is 24.1 Å². The number of hydrogen-bond donors (Lipinski definition) is 1. The molecule has 7 heteroatoms. The van der Waals surface area contributed by atoms with Crippen LogP contribution in [0.3, 0.4) is 0 Å². The molecule has 1 aromatic carbocycles. The lowest BCUT2D eigenvalue weighted by Gasteiger charge is -2.16. The lowest BCUT2D eigenvalue weighted by Crippen LogP contribution is -2.37. The molecule has 1 aliphatic carbocycles. The molecule has 1 saturated carbocycles. The van der Waals surface area contributed by atoms with E-state index in [0.29, 0.717) is 11.2 Å². The number of aryl methyl sites for hydroxylation is 1. The number of benzene rings is 1. The highest BCUT2D eigenvalue weighted by Gasteiger charge is 2.23. The Morgan fingerprint density at radius 2 is 2.09 bits per heavy atom. The highest BCUT2D eigenvalue weighted by Crippen LogP contribution is 2.25. The summed E-state index contributed by atoms with van der Waals surface area (Å²) in [5.41, 5.74) is 2.02. The molecule has 1 unspecified atom stereocenters. The molecule has 0 radical (unpaired) electrons. The minimum absolute atomic E-state index is 0.0567. The van der Waals surface area contributed by atoms with Crippen LogP contribution in [0.15, 0.2) is 29.4 Å². The van der Waals surface area contributed by atoms with E-state index in [1.54, 1.807) is 4.68 Å². The van der Waals surface area contributed by atoms with Gasteiger partial charge < -0.3 is 5.32 Å². The number of carbonyl (C=O) groups excluding carboxylic acids is 1. The minimum atomic E-state index is -0.232. The predicted molar refractivity (Wildman–Crippen MR) is 89.6 cm³/mol. The Balaban J connectivity index is 1.70. The Bertz CT molecular complexity index is 681. The fourth-order valence-electron chi connectivity index (χ4n) is 2.80. The summed E-state index contributed by atoms with van der Waals surface area (Å²) in [7, 11) is 0. The van der Waals surface area contributed by atoms with Gasteiger partial charge in [-0.05, 0) is 48.7 Å². The summed E-state index contributed by atoms with van der Waals surface area (Å²) in [4.78, 5) is 12.3. The number of tetrazole rings is 1. The zero-order valence-electron chi connectivity index (χ0n) is 13.4. The molecule has 2 aromatic rings. The first-order valence-corrected chi connectivity index (χ1v) is 8.84. The molecule has 0 saturated heterocycles. The smallest absolute Gasteiger partial charge is 0.233 e. The van der Waals surface area contributed by atoms with Gasteiger partial charge in [-0.25, -0.2) is 0 Å². The number of nitrogens with one attached hydrogen (secondary N) is 1. The molecule has 23 heavy (non-hydrogen) atoms. The standard InChI is InChI=1S/C16H21N5OS/c1-11-7-3-6-10-14(11)21-16(18-19-20-21)23-12(2)15(22)17-13-8-4-5-9-13/h3,6-7,10,12-13H,4-5,8-9H2,1-2H3,(H,17,22). The maximum atomic E-state index is 12.3. The average molecular weight is 331 g/mol. The third kappa shape index (κ3) is 3.72. The van der Waals surface area contributed by atoms with Crippen LogP contribution < -0.4 is 5.32 Å². The van der Waals surface area contributed by atoms with Gasteiger partial charge in [-0.2, -0.15) is 4.68 Å². The van der Waals surface area contributed by atoms with E-state index in [1.807, 2.05) is 38.1 Å². The van der Waals surface area contributed by atoms with E-state index in [4.69, 9.17) is 0 Å². The monoisotopic (exact) mass is 331 g/mol. The van der Waals surface area contributed by atoms with Crippen molar-refractivity contribution in [2.24, 2.45) is 0 Å². The van der Waals surface area contributed by atoms with Crippen molar-refractivity contribution in [1.82, 2.24) is 25.5 Å². The maximum Gasteiger partial charge on any atom is 0.233 e. The predicted octanol–water partition coefficient (Wildman–Crippen LogP) is 2.51. The Morgan fingerprint density at radius 3 is 2.83 bits per heavy atom. The quantitative estimate of drug-likeness (QED) is 0.852. The van der Waals surface area contributed by atoms with E-state index >= 15 is 0 Å². The van der Waals surface area contributed by atoms with Crippen molar-refractivity contribution in [3.05, 3.63) is 29.8 Å². The number of aromatic nitrogens is 4. The fourth-order valence-corrected chi connectivity index (χ4v) is 3.61. The van der Waals surface area contributed by atoms with Crippen molar-refractivity contribution in [3.8, 4) is 5.69 Å². The molecule has 1 heterocycles. The summed E-state index contributed by atoms with van der Waals surface area (Å²) in [5, 5.41) is 15.4. The average Bonchev–Trinajstić information content (AvgIpc) is 3.19. The SMILES string of the molecule is Cc1ccccc1-n1nnnc1SC(C)C(=O)NC1CCCC1. The van der Waals surface area contributed by atoms with Crippen LogP contribution in [0, 0.1) is 6.92 Å². The first-order chi connectivity index (χ1) is 11.1. The Labute approximate surface area is 140 Å². The Hall–Kier alpha value is -1.89. The minimum Gasteiger partial charge on any atom is -0.352 e. The summed E-state index contributed by atoms with van der Waals surface area (Å²) in [6.07, 6.45) is 4.59. The van der Waals surface area contributed by atoms with Crippen molar-refractivity contribution in [1.29, 1.82) is 0 Å². The van der Waals surface area contributed by atoms with E-state index in [-0.39, 0.29) is 11.2 Å². The first kappa shape index (κ1) is 16.0. The van der Waals surface area contributed by atoms with Gasteiger partial charge in [0.15, 0.2) is 0 Å². The normalized spacial score (nSPS) is 16.4. The second kappa shape index (κ2) is 7.12. The van der Waals surface area contributed by atoms with E-state index in [1.165, 1.54) is 24.6 Å². The number of hydrogen-bond acceptors (Lipinski definition) is 5. The van der Waals surface area contributed by atoms with Crippen LogP contribution in [0.25, 0.3) is 5.69 Å². The third-order valence-corrected chi connectivity index (χ3v) is 5.17. The zero-order valence-corrected chi connectivity index (χ0v) is 14.2. The van der Waals surface area contributed by atoms with Crippen molar-refractivity contribution in [3.63, 3.8) is 0 Å². The molecule has 6 nitrogen and oxygen atoms in total. The first-order valence-electron chi connectivity index (χ1n) is 7.96. The number of thioether (sulfide) groups is 1. The largest absolute Gasteiger partial charge is 0.352 e. The topological polar surface area (TPSA) is 72.7 Å². The lowest BCUT2D eigenvalue weighted by atomic mass is 10.2. The van der Waals surface area contributed by atoms with E-state index in [9.17, 15) is 4.79 Å².